The topological polar surface area (TPSA) is 80.6 Å². The minimum atomic E-state index is -1.35. The number of halogens is 1. The van der Waals surface area contributed by atoms with E-state index >= 15 is 0 Å². The summed E-state index contributed by atoms with van der Waals surface area (Å²) in [4.78, 5) is 39.2. The average molecular weight is 401 g/mol. The summed E-state index contributed by atoms with van der Waals surface area (Å²) in [7, 11) is 1.61. The summed E-state index contributed by atoms with van der Waals surface area (Å²) < 4.78 is 20.3. The maximum atomic E-state index is 13.2. The van der Waals surface area contributed by atoms with Gasteiger partial charge >= 0.3 is 6.03 Å². The molecule has 3 rings (SSSR count). The van der Waals surface area contributed by atoms with Gasteiger partial charge in [0, 0.05) is 30.6 Å². The van der Waals surface area contributed by atoms with Gasteiger partial charge in [-0.3, -0.25) is 14.5 Å². The first-order valence-corrected chi connectivity index (χ1v) is 9.28. The third-order valence-corrected chi connectivity index (χ3v) is 5.39. The summed E-state index contributed by atoms with van der Waals surface area (Å²) in [5.41, 5.74) is 1.23. The van der Waals surface area contributed by atoms with Crippen molar-refractivity contribution in [1.82, 2.24) is 14.8 Å². The van der Waals surface area contributed by atoms with E-state index in [-0.39, 0.29) is 12.3 Å². The van der Waals surface area contributed by atoms with Crippen LogP contribution in [-0.4, -0.2) is 47.4 Å². The molecule has 29 heavy (non-hydrogen) atoms. The number of ether oxygens (including phenoxy) is 1. The smallest absolute Gasteiger partial charge is 0.325 e. The minimum Gasteiger partial charge on any atom is -0.383 e. The van der Waals surface area contributed by atoms with E-state index in [1.165, 1.54) is 24.3 Å². The van der Waals surface area contributed by atoms with Crippen LogP contribution in [-0.2, 0) is 21.6 Å². The number of imide groups is 1. The first kappa shape index (κ1) is 20.7. The molecule has 154 valence electrons. The van der Waals surface area contributed by atoms with Crippen molar-refractivity contribution >= 4 is 17.7 Å². The van der Waals surface area contributed by atoms with E-state index in [1.54, 1.807) is 20.1 Å². The second kappa shape index (κ2) is 7.79. The number of carbonyl (C=O) groups excluding carboxylic acids is 3. The van der Waals surface area contributed by atoms with E-state index in [9.17, 15) is 18.8 Å². The number of nitrogens with one attached hydrogen (secondary N) is 1. The molecular weight excluding hydrogens is 377 g/mol. The molecule has 1 fully saturated rings. The summed E-state index contributed by atoms with van der Waals surface area (Å²) in [6.45, 7) is 6.00. The molecule has 2 heterocycles. The van der Waals surface area contributed by atoms with E-state index in [1.807, 2.05) is 18.4 Å². The van der Waals surface area contributed by atoms with Crippen molar-refractivity contribution in [3.63, 3.8) is 0 Å². The van der Waals surface area contributed by atoms with E-state index in [2.05, 4.69) is 5.32 Å². The molecule has 2 aromatic rings. The molecule has 0 spiro atoms. The van der Waals surface area contributed by atoms with Gasteiger partial charge in [0.15, 0.2) is 5.78 Å². The SMILES string of the molecule is COCCn1c(C)cc(C(=O)CN2C(=O)NC(C)(c3ccc(F)cc3)C2=O)c1C. The number of ketones is 1. The molecule has 1 saturated heterocycles. The van der Waals surface area contributed by atoms with Crippen LogP contribution in [0.5, 0.6) is 0 Å². The van der Waals surface area contributed by atoms with Crippen LogP contribution in [0, 0.1) is 19.7 Å². The van der Waals surface area contributed by atoms with Crippen molar-refractivity contribution in [3.05, 3.63) is 58.7 Å². The Bertz CT molecular complexity index is 967. The number of rotatable bonds is 7. The fraction of sp³-hybridized carbons (Fsp3) is 0.381. The molecule has 1 aromatic heterocycles. The first-order chi connectivity index (χ1) is 13.7. The van der Waals surface area contributed by atoms with Crippen LogP contribution in [0.25, 0.3) is 0 Å². The maximum absolute atomic E-state index is 13.2. The highest BCUT2D eigenvalue weighted by Gasteiger charge is 2.49. The number of urea groups is 1. The average Bonchev–Trinajstić information content (AvgIpc) is 3.08. The summed E-state index contributed by atoms with van der Waals surface area (Å²) >= 11 is 0. The largest absolute Gasteiger partial charge is 0.383 e. The zero-order chi connectivity index (χ0) is 21.3. The monoisotopic (exact) mass is 401 g/mol. The van der Waals surface area contributed by atoms with Crippen molar-refractivity contribution in [2.45, 2.75) is 32.9 Å². The van der Waals surface area contributed by atoms with Crippen LogP contribution in [0.4, 0.5) is 9.18 Å². The van der Waals surface area contributed by atoms with Gasteiger partial charge in [0.25, 0.3) is 5.91 Å². The maximum Gasteiger partial charge on any atom is 0.325 e. The molecule has 1 aliphatic rings. The predicted octanol–water partition coefficient (Wildman–Crippen LogP) is 2.54. The van der Waals surface area contributed by atoms with Gasteiger partial charge < -0.3 is 14.6 Å². The molecule has 0 saturated carbocycles. The van der Waals surface area contributed by atoms with Crippen LogP contribution in [0.1, 0.15) is 34.2 Å². The first-order valence-electron chi connectivity index (χ1n) is 9.28. The highest BCUT2D eigenvalue weighted by Crippen LogP contribution is 2.29. The van der Waals surface area contributed by atoms with Gasteiger partial charge in [-0.15, -0.1) is 0 Å². The Hall–Kier alpha value is -3.00. The normalized spacial score (nSPS) is 19.0. The number of methoxy groups -OCH3 is 1. The molecule has 3 amide bonds. The molecule has 1 atom stereocenters. The number of aromatic nitrogens is 1. The van der Waals surface area contributed by atoms with E-state index < -0.39 is 23.3 Å². The van der Waals surface area contributed by atoms with Crippen molar-refractivity contribution < 1.29 is 23.5 Å². The molecule has 7 nitrogen and oxygen atoms in total. The van der Waals surface area contributed by atoms with Gasteiger partial charge in [-0.2, -0.15) is 0 Å². The third kappa shape index (κ3) is 3.67. The Kier molecular flexibility index (Phi) is 5.57. The predicted molar refractivity (Wildman–Crippen MR) is 104 cm³/mol. The molecule has 0 aliphatic carbocycles. The van der Waals surface area contributed by atoms with Gasteiger partial charge in [-0.25, -0.2) is 9.18 Å². The molecule has 1 aromatic carbocycles. The molecule has 0 bridgehead atoms. The molecule has 1 unspecified atom stereocenters. The summed E-state index contributed by atoms with van der Waals surface area (Å²) in [5, 5.41) is 2.62. The number of aryl methyl sites for hydroxylation is 1. The van der Waals surface area contributed by atoms with Crippen LogP contribution in [0.3, 0.4) is 0 Å². The molecule has 1 aliphatic heterocycles. The Morgan fingerprint density at radius 2 is 1.86 bits per heavy atom. The lowest BCUT2D eigenvalue weighted by Crippen LogP contribution is -2.41. The molecule has 1 N–H and O–H groups in total. The highest BCUT2D eigenvalue weighted by atomic mass is 19.1. The summed E-state index contributed by atoms with van der Waals surface area (Å²) in [5.74, 6) is -1.31. The van der Waals surface area contributed by atoms with E-state index in [4.69, 9.17) is 4.74 Å². The third-order valence-electron chi connectivity index (χ3n) is 5.39. The fourth-order valence-electron chi connectivity index (χ4n) is 3.66. The van der Waals surface area contributed by atoms with Gasteiger partial charge in [-0.1, -0.05) is 12.1 Å². The van der Waals surface area contributed by atoms with Gasteiger partial charge in [0.2, 0.25) is 0 Å². The molecule has 8 heteroatoms. The molecular formula is C21H24FN3O4. The fourth-order valence-corrected chi connectivity index (χ4v) is 3.66. The molecule has 0 radical (unpaired) electrons. The second-order valence-electron chi connectivity index (χ2n) is 7.31. The number of nitrogens with zero attached hydrogens (tertiary/aromatic N) is 2. The number of amides is 3. The highest BCUT2D eigenvalue weighted by molar-refractivity contribution is 6.11. The zero-order valence-corrected chi connectivity index (χ0v) is 16.9. The summed E-state index contributed by atoms with van der Waals surface area (Å²) in [6, 6.07) is 6.45. The van der Waals surface area contributed by atoms with Crippen molar-refractivity contribution in [2.24, 2.45) is 0 Å². The van der Waals surface area contributed by atoms with Gasteiger partial charge in [0.1, 0.15) is 11.4 Å². The van der Waals surface area contributed by atoms with Crippen molar-refractivity contribution in [3.8, 4) is 0 Å². The Morgan fingerprint density at radius 3 is 2.48 bits per heavy atom. The van der Waals surface area contributed by atoms with Crippen LogP contribution >= 0.6 is 0 Å². The zero-order valence-electron chi connectivity index (χ0n) is 16.9. The number of carbonyl (C=O) groups is 3. The minimum absolute atomic E-state index is 0.325. The van der Waals surface area contributed by atoms with E-state index in [0.29, 0.717) is 24.3 Å². The quantitative estimate of drug-likeness (QED) is 0.571. The Morgan fingerprint density at radius 1 is 1.21 bits per heavy atom. The van der Waals surface area contributed by atoms with E-state index in [0.717, 1.165) is 16.3 Å². The lowest BCUT2D eigenvalue weighted by Gasteiger charge is -2.22. The van der Waals surface area contributed by atoms with Crippen LogP contribution in [0.2, 0.25) is 0 Å². The van der Waals surface area contributed by atoms with Gasteiger partial charge in [-0.05, 0) is 44.5 Å². The lowest BCUT2D eigenvalue weighted by atomic mass is 9.92. The standard InChI is InChI=1S/C21H24FN3O4/c1-13-11-17(14(2)24(13)9-10-29-4)18(26)12-25-19(27)21(3,23-20(25)28)15-5-7-16(22)8-6-15/h5-8,11H,9-10,12H2,1-4H3,(H,23,28). The van der Waals surface area contributed by atoms with Crippen LogP contribution < -0.4 is 5.32 Å². The number of Topliss-reactive ketones (excluding diaryl/α,β-unsaturated/α-hetero) is 1. The second-order valence-corrected chi connectivity index (χ2v) is 7.31. The number of hydrogen-bond acceptors (Lipinski definition) is 4. The number of benzene rings is 1. The van der Waals surface area contributed by atoms with Crippen LogP contribution in [0.15, 0.2) is 30.3 Å². The Labute approximate surface area is 168 Å². The lowest BCUT2D eigenvalue weighted by molar-refractivity contribution is -0.130. The van der Waals surface area contributed by atoms with Crippen molar-refractivity contribution in [2.75, 3.05) is 20.3 Å². The van der Waals surface area contributed by atoms with Crippen molar-refractivity contribution in [1.29, 1.82) is 0 Å². The van der Waals surface area contributed by atoms with Gasteiger partial charge in [0.05, 0.1) is 13.2 Å². The Balaban J connectivity index is 1.82. The summed E-state index contributed by atoms with van der Waals surface area (Å²) in [6.07, 6.45) is 0. The number of hydrogen-bond donors (Lipinski definition) is 1.